The number of likely N-dealkylation sites (N-methyl/N-ethyl adjacent to an activating group) is 1. The van der Waals surface area contributed by atoms with Crippen molar-refractivity contribution in [2.24, 2.45) is 5.92 Å². The van der Waals surface area contributed by atoms with Crippen molar-refractivity contribution >= 4 is 34.0 Å². The Kier molecular flexibility index (Phi) is 3.82. The molecule has 1 fully saturated rings. The fourth-order valence-corrected chi connectivity index (χ4v) is 3.15. The lowest BCUT2D eigenvalue weighted by Gasteiger charge is -2.23. The van der Waals surface area contributed by atoms with Gasteiger partial charge in [0.2, 0.25) is 0 Å². The molecule has 0 bridgehead atoms. The highest BCUT2D eigenvalue weighted by molar-refractivity contribution is 14.1. The standard InChI is InChI=1S/C13H20IN3/c1-9-7-17(8-13(9)16(2)3)12-5-4-10(14)6-11(12)15/h4-6,9,13H,7-8,15H2,1-3H3. The zero-order valence-corrected chi connectivity index (χ0v) is 12.8. The van der Waals surface area contributed by atoms with Crippen LogP contribution >= 0.6 is 22.6 Å². The minimum Gasteiger partial charge on any atom is -0.397 e. The van der Waals surface area contributed by atoms with Gasteiger partial charge in [-0.3, -0.25) is 0 Å². The van der Waals surface area contributed by atoms with Gasteiger partial charge in [-0.25, -0.2) is 0 Å². The summed E-state index contributed by atoms with van der Waals surface area (Å²) in [6.45, 7) is 4.47. The summed E-state index contributed by atoms with van der Waals surface area (Å²) in [6, 6.07) is 6.93. The number of nitrogen functional groups attached to an aromatic ring is 1. The number of nitrogens with zero attached hydrogens (tertiary/aromatic N) is 2. The van der Waals surface area contributed by atoms with E-state index < -0.39 is 0 Å². The lowest BCUT2D eigenvalue weighted by Crippen LogP contribution is -2.34. The van der Waals surface area contributed by atoms with E-state index in [-0.39, 0.29) is 0 Å². The van der Waals surface area contributed by atoms with E-state index in [2.05, 4.69) is 65.5 Å². The number of nitrogens with two attached hydrogens (primary N) is 1. The van der Waals surface area contributed by atoms with Gasteiger partial charge in [-0.15, -0.1) is 0 Å². The van der Waals surface area contributed by atoms with Gasteiger partial charge >= 0.3 is 0 Å². The van der Waals surface area contributed by atoms with Crippen molar-refractivity contribution in [1.82, 2.24) is 4.90 Å². The van der Waals surface area contributed by atoms with Crippen molar-refractivity contribution in [2.75, 3.05) is 37.8 Å². The Balaban J connectivity index is 2.19. The van der Waals surface area contributed by atoms with E-state index in [1.807, 2.05) is 6.07 Å². The average Bonchev–Trinajstić information content (AvgIpc) is 2.60. The van der Waals surface area contributed by atoms with Gasteiger partial charge in [-0.1, -0.05) is 6.92 Å². The number of rotatable bonds is 2. The van der Waals surface area contributed by atoms with Gasteiger partial charge in [0, 0.05) is 22.7 Å². The van der Waals surface area contributed by atoms with Crippen LogP contribution < -0.4 is 10.6 Å². The maximum absolute atomic E-state index is 6.11. The minimum absolute atomic E-state index is 0.619. The van der Waals surface area contributed by atoms with Crippen LogP contribution in [0.1, 0.15) is 6.92 Å². The molecule has 2 unspecified atom stereocenters. The van der Waals surface area contributed by atoms with Gasteiger partial charge in [0.25, 0.3) is 0 Å². The van der Waals surface area contributed by atoms with Gasteiger partial charge in [0.05, 0.1) is 11.4 Å². The van der Waals surface area contributed by atoms with Crippen molar-refractivity contribution in [2.45, 2.75) is 13.0 Å². The van der Waals surface area contributed by atoms with E-state index in [0.717, 1.165) is 18.8 Å². The van der Waals surface area contributed by atoms with Gasteiger partial charge in [0.15, 0.2) is 0 Å². The molecule has 1 aromatic carbocycles. The molecule has 2 atom stereocenters. The molecular weight excluding hydrogens is 325 g/mol. The topological polar surface area (TPSA) is 32.5 Å². The Morgan fingerprint density at radius 3 is 2.59 bits per heavy atom. The average molecular weight is 345 g/mol. The zero-order valence-electron chi connectivity index (χ0n) is 10.7. The molecule has 2 N–H and O–H groups in total. The number of anilines is 2. The summed E-state index contributed by atoms with van der Waals surface area (Å²) in [7, 11) is 4.31. The van der Waals surface area contributed by atoms with E-state index in [4.69, 9.17) is 5.73 Å². The van der Waals surface area contributed by atoms with Crippen LogP contribution in [-0.2, 0) is 0 Å². The number of benzene rings is 1. The van der Waals surface area contributed by atoms with Gasteiger partial charge < -0.3 is 15.5 Å². The van der Waals surface area contributed by atoms with Crippen LogP contribution in [0.2, 0.25) is 0 Å². The summed E-state index contributed by atoms with van der Waals surface area (Å²) in [4.78, 5) is 4.72. The molecule has 2 rings (SSSR count). The lowest BCUT2D eigenvalue weighted by atomic mass is 10.1. The molecule has 1 aromatic rings. The third-order valence-corrected chi connectivity index (χ3v) is 4.24. The first-order chi connectivity index (χ1) is 7.99. The minimum atomic E-state index is 0.619. The number of hydrogen-bond acceptors (Lipinski definition) is 3. The molecule has 0 amide bonds. The molecule has 1 aliphatic rings. The summed E-state index contributed by atoms with van der Waals surface area (Å²) in [5.74, 6) is 0.684. The first-order valence-electron chi connectivity index (χ1n) is 5.95. The van der Waals surface area contributed by atoms with Crippen LogP contribution in [0.15, 0.2) is 18.2 Å². The first kappa shape index (κ1) is 13.0. The van der Waals surface area contributed by atoms with Crippen molar-refractivity contribution in [3.8, 4) is 0 Å². The Hall–Kier alpha value is -0.490. The van der Waals surface area contributed by atoms with Crippen molar-refractivity contribution in [3.05, 3.63) is 21.8 Å². The molecule has 4 heteroatoms. The van der Waals surface area contributed by atoms with Gasteiger partial charge in [0.1, 0.15) is 0 Å². The molecule has 1 heterocycles. The van der Waals surface area contributed by atoms with E-state index in [1.54, 1.807) is 0 Å². The smallest absolute Gasteiger partial charge is 0.0601 e. The summed E-state index contributed by atoms with van der Waals surface area (Å²) < 4.78 is 1.19. The fourth-order valence-electron chi connectivity index (χ4n) is 2.63. The van der Waals surface area contributed by atoms with Crippen molar-refractivity contribution < 1.29 is 0 Å². The van der Waals surface area contributed by atoms with E-state index in [1.165, 1.54) is 9.26 Å². The van der Waals surface area contributed by atoms with Crippen LogP contribution in [0.5, 0.6) is 0 Å². The number of hydrogen-bond donors (Lipinski definition) is 1. The molecule has 0 spiro atoms. The molecule has 0 aromatic heterocycles. The molecule has 17 heavy (non-hydrogen) atoms. The Bertz CT molecular complexity index is 406. The number of halogens is 1. The molecule has 3 nitrogen and oxygen atoms in total. The maximum atomic E-state index is 6.11. The predicted molar refractivity (Wildman–Crippen MR) is 82.4 cm³/mol. The monoisotopic (exact) mass is 345 g/mol. The lowest BCUT2D eigenvalue weighted by molar-refractivity contribution is 0.266. The molecule has 1 saturated heterocycles. The summed E-state index contributed by atoms with van der Waals surface area (Å²) in [6.07, 6.45) is 0. The first-order valence-corrected chi connectivity index (χ1v) is 7.03. The third kappa shape index (κ3) is 2.68. The highest BCUT2D eigenvalue weighted by Gasteiger charge is 2.31. The predicted octanol–water partition coefficient (Wildman–Crippen LogP) is 2.26. The highest BCUT2D eigenvalue weighted by Crippen LogP contribution is 2.31. The maximum Gasteiger partial charge on any atom is 0.0601 e. The SMILES string of the molecule is CC1CN(c2ccc(I)cc2N)CC1N(C)C. The summed E-state index contributed by atoms with van der Waals surface area (Å²) in [5, 5.41) is 0. The highest BCUT2D eigenvalue weighted by atomic mass is 127. The molecule has 94 valence electrons. The van der Waals surface area contributed by atoms with Crippen LogP contribution in [-0.4, -0.2) is 38.1 Å². The van der Waals surface area contributed by atoms with E-state index in [9.17, 15) is 0 Å². The quantitative estimate of drug-likeness (QED) is 0.659. The second-order valence-corrected chi connectivity index (χ2v) is 6.36. The summed E-state index contributed by atoms with van der Waals surface area (Å²) >= 11 is 2.30. The van der Waals surface area contributed by atoms with Gasteiger partial charge in [-0.05, 0) is 60.8 Å². The Labute approximate surface area is 117 Å². The fraction of sp³-hybridized carbons (Fsp3) is 0.538. The summed E-state index contributed by atoms with van der Waals surface area (Å²) in [5.41, 5.74) is 8.18. The molecule has 0 radical (unpaired) electrons. The molecular formula is C13H20IN3. The Morgan fingerprint density at radius 2 is 2.06 bits per heavy atom. The molecule has 1 aliphatic heterocycles. The second kappa shape index (κ2) is 5.02. The Morgan fingerprint density at radius 1 is 1.35 bits per heavy atom. The van der Waals surface area contributed by atoms with Crippen molar-refractivity contribution in [1.29, 1.82) is 0 Å². The second-order valence-electron chi connectivity index (χ2n) is 5.12. The third-order valence-electron chi connectivity index (χ3n) is 3.57. The van der Waals surface area contributed by atoms with E-state index in [0.29, 0.717) is 12.0 Å². The van der Waals surface area contributed by atoms with Crippen LogP contribution in [0.3, 0.4) is 0 Å². The molecule has 0 aliphatic carbocycles. The van der Waals surface area contributed by atoms with Gasteiger partial charge in [-0.2, -0.15) is 0 Å². The normalized spacial score (nSPS) is 24.6. The van der Waals surface area contributed by atoms with Crippen molar-refractivity contribution in [3.63, 3.8) is 0 Å². The largest absolute Gasteiger partial charge is 0.397 e. The molecule has 0 saturated carbocycles. The van der Waals surface area contributed by atoms with Crippen LogP contribution in [0.25, 0.3) is 0 Å². The van der Waals surface area contributed by atoms with E-state index >= 15 is 0 Å². The van der Waals surface area contributed by atoms with Crippen LogP contribution in [0, 0.1) is 9.49 Å². The van der Waals surface area contributed by atoms with Crippen LogP contribution in [0.4, 0.5) is 11.4 Å². The zero-order chi connectivity index (χ0) is 12.6.